The number of nitrogens with one attached hydrogen (secondary N) is 1. The monoisotopic (exact) mass is 491 g/mol. The van der Waals surface area contributed by atoms with E-state index >= 15 is 0 Å². The minimum absolute atomic E-state index is 0.0487. The highest BCUT2D eigenvalue weighted by Gasteiger charge is 2.31. The summed E-state index contributed by atoms with van der Waals surface area (Å²) in [5.41, 5.74) is 1.85. The first kappa shape index (κ1) is 25.3. The number of fused-ring (bicyclic) bond motifs is 1. The summed E-state index contributed by atoms with van der Waals surface area (Å²) >= 11 is 0. The van der Waals surface area contributed by atoms with Crippen LogP contribution >= 0.6 is 0 Å². The van der Waals surface area contributed by atoms with Gasteiger partial charge in [0.05, 0.1) is 32.8 Å². The lowest BCUT2D eigenvalue weighted by Crippen LogP contribution is -2.35. The largest absolute Gasteiger partial charge is 0.493 e. The highest BCUT2D eigenvalue weighted by atomic mass is 32.2. The summed E-state index contributed by atoms with van der Waals surface area (Å²) in [5.74, 6) is 0.437. The van der Waals surface area contributed by atoms with Gasteiger partial charge in [0.25, 0.3) is 0 Å². The molecule has 1 atom stereocenters. The van der Waals surface area contributed by atoms with Crippen molar-refractivity contribution >= 4 is 33.2 Å². The smallest absolute Gasteiger partial charge is 0.243 e. The van der Waals surface area contributed by atoms with E-state index in [2.05, 4.69) is 5.32 Å². The van der Waals surface area contributed by atoms with E-state index in [1.807, 2.05) is 6.92 Å². The van der Waals surface area contributed by atoms with Gasteiger partial charge in [-0.1, -0.05) is 0 Å². The van der Waals surface area contributed by atoms with Crippen LogP contribution in [-0.2, 0) is 26.0 Å². The number of hydrogen-bond donors (Lipinski definition) is 1. The maximum absolute atomic E-state index is 13.1. The van der Waals surface area contributed by atoms with E-state index < -0.39 is 22.5 Å². The van der Waals surface area contributed by atoms with Crippen molar-refractivity contribution in [3.63, 3.8) is 0 Å². The maximum Gasteiger partial charge on any atom is 0.243 e. The van der Waals surface area contributed by atoms with Gasteiger partial charge in [0.15, 0.2) is 11.5 Å². The average Bonchev–Trinajstić information content (AvgIpc) is 3.13. The van der Waals surface area contributed by atoms with E-state index in [0.29, 0.717) is 35.0 Å². The fourth-order valence-corrected chi connectivity index (χ4v) is 5.25. The van der Waals surface area contributed by atoms with Crippen LogP contribution in [0.25, 0.3) is 0 Å². The molecule has 0 aliphatic carbocycles. The first-order valence-electron chi connectivity index (χ1n) is 10.5. The minimum atomic E-state index is -3.94. The first-order valence-corrected chi connectivity index (χ1v) is 12.0. The summed E-state index contributed by atoms with van der Waals surface area (Å²) in [4.78, 5) is 26.3. The molecule has 1 heterocycles. The lowest BCUT2D eigenvalue weighted by molar-refractivity contribution is -0.117. The molecule has 0 saturated heterocycles. The Labute approximate surface area is 199 Å². The van der Waals surface area contributed by atoms with Crippen LogP contribution in [0.5, 0.6) is 17.2 Å². The van der Waals surface area contributed by atoms with E-state index in [1.165, 1.54) is 41.4 Å². The summed E-state index contributed by atoms with van der Waals surface area (Å²) < 4.78 is 43.0. The average molecular weight is 492 g/mol. The van der Waals surface area contributed by atoms with Crippen LogP contribution in [0.3, 0.4) is 0 Å². The van der Waals surface area contributed by atoms with Gasteiger partial charge in [-0.05, 0) is 37.1 Å². The molecule has 11 heteroatoms. The number of nitrogens with zero attached hydrogens (tertiary/aromatic N) is 2. The third-order valence-corrected chi connectivity index (χ3v) is 7.43. The molecule has 2 aromatic rings. The Morgan fingerprint density at radius 1 is 1.09 bits per heavy atom. The number of benzene rings is 2. The van der Waals surface area contributed by atoms with Gasteiger partial charge < -0.3 is 24.4 Å². The van der Waals surface area contributed by atoms with Crippen molar-refractivity contribution < 1.29 is 32.2 Å². The molecular weight excluding hydrogens is 462 g/mol. The lowest BCUT2D eigenvalue weighted by Gasteiger charge is -2.21. The van der Waals surface area contributed by atoms with Gasteiger partial charge in [-0.25, -0.2) is 8.42 Å². The van der Waals surface area contributed by atoms with Gasteiger partial charge in [-0.15, -0.1) is 0 Å². The lowest BCUT2D eigenvalue weighted by atomic mass is 10.1. The topological polar surface area (TPSA) is 114 Å². The molecular formula is C23H29N3O7S. The molecule has 1 aliphatic rings. The zero-order valence-corrected chi connectivity index (χ0v) is 20.9. The van der Waals surface area contributed by atoms with E-state index in [9.17, 15) is 18.0 Å². The number of carbonyl (C=O) groups is 2. The molecule has 0 spiro atoms. The van der Waals surface area contributed by atoms with Gasteiger partial charge in [0.2, 0.25) is 27.6 Å². The second kappa shape index (κ2) is 9.90. The van der Waals surface area contributed by atoms with Gasteiger partial charge in [0, 0.05) is 43.5 Å². The van der Waals surface area contributed by atoms with Crippen molar-refractivity contribution in [2.45, 2.75) is 31.2 Å². The molecule has 0 saturated carbocycles. The summed E-state index contributed by atoms with van der Waals surface area (Å²) in [7, 11) is 1.77. The van der Waals surface area contributed by atoms with E-state index in [4.69, 9.17) is 14.2 Å². The molecule has 2 amide bonds. The van der Waals surface area contributed by atoms with E-state index in [1.54, 1.807) is 29.2 Å². The molecule has 0 fully saturated rings. The quantitative estimate of drug-likeness (QED) is 0.602. The first-order chi connectivity index (χ1) is 16.0. The molecule has 34 heavy (non-hydrogen) atoms. The Morgan fingerprint density at radius 3 is 2.24 bits per heavy atom. The molecule has 0 radical (unpaired) electrons. The number of ether oxygens (including phenoxy) is 3. The number of amides is 2. The van der Waals surface area contributed by atoms with Gasteiger partial charge in [-0.3, -0.25) is 9.59 Å². The molecule has 0 aromatic heterocycles. The highest BCUT2D eigenvalue weighted by molar-refractivity contribution is 7.89. The Hall–Kier alpha value is -3.31. The van der Waals surface area contributed by atoms with Crippen LogP contribution in [0.2, 0.25) is 0 Å². The van der Waals surface area contributed by atoms with Crippen LogP contribution in [0.1, 0.15) is 19.4 Å². The molecule has 0 unspecified atom stereocenters. The number of sulfonamides is 1. The third-order valence-electron chi connectivity index (χ3n) is 5.63. The highest BCUT2D eigenvalue weighted by Crippen LogP contribution is 2.40. The number of likely N-dealkylation sites (N-methyl/N-ethyl adjacent to an activating group) is 1. The van der Waals surface area contributed by atoms with Crippen molar-refractivity contribution in [3.8, 4) is 17.2 Å². The van der Waals surface area contributed by atoms with Gasteiger partial charge >= 0.3 is 0 Å². The van der Waals surface area contributed by atoms with Gasteiger partial charge in [-0.2, -0.15) is 4.31 Å². The fourth-order valence-electron chi connectivity index (χ4n) is 4.07. The van der Waals surface area contributed by atoms with E-state index in [-0.39, 0.29) is 16.8 Å². The van der Waals surface area contributed by atoms with Crippen LogP contribution in [-0.4, -0.2) is 65.5 Å². The number of hydrogen-bond acceptors (Lipinski definition) is 7. The second-order valence-corrected chi connectivity index (χ2v) is 10.0. The molecule has 1 aliphatic heterocycles. The molecule has 1 N–H and O–H groups in total. The van der Waals surface area contributed by atoms with Gasteiger partial charge in [0.1, 0.15) is 0 Å². The number of anilines is 2. The predicted octanol–water partition coefficient (Wildman–Crippen LogP) is 2.27. The van der Waals surface area contributed by atoms with E-state index in [0.717, 1.165) is 9.87 Å². The Morgan fingerprint density at radius 2 is 1.71 bits per heavy atom. The summed E-state index contributed by atoms with van der Waals surface area (Å²) in [5, 5.41) is 2.66. The summed E-state index contributed by atoms with van der Waals surface area (Å²) in [6.07, 6.45) is 0.559. The zero-order valence-electron chi connectivity index (χ0n) is 20.0. The fraction of sp³-hybridized carbons (Fsp3) is 0.391. The molecule has 0 bridgehead atoms. The SMILES string of the molecule is COc1cc(NC(=O)CN(C)S(=O)(=O)c2ccc3c(c2)C[C@H](C)N3C(C)=O)cc(OC)c1OC. The third kappa shape index (κ3) is 4.80. The van der Waals surface area contributed by atoms with Crippen molar-refractivity contribution in [3.05, 3.63) is 35.9 Å². The predicted molar refractivity (Wildman–Crippen MR) is 127 cm³/mol. The normalized spacial score (nSPS) is 15.1. The number of rotatable bonds is 8. The van der Waals surface area contributed by atoms with Crippen LogP contribution < -0.4 is 24.4 Å². The maximum atomic E-state index is 13.1. The van der Waals surface area contributed by atoms with Crippen molar-refractivity contribution in [1.82, 2.24) is 4.31 Å². The molecule has 184 valence electrons. The Bertz CT molecular complexity index is 1190. The molecule has 2 aromatic carbocycles. The zero-order chi connectivity index (χ0) is 25.2. The summed E-state index contributed by atoms with van der Waals surface area (Å²) in [6.45, 7) is 2.98. The van der Waals surface area contributed by atoms with Crippen molar-refractivity contribution in [1.29, 1.82) is 0 Å². The van der Waals surface area contributed by atoms with Crippen LogP contribution in [0.15, 0.2) is 35.2 Å². The minimum Gasteiger partial charge on any atom is -0.493 e. The standard InChI is InChI=1S/C23H29N3O7S/c1-14-9-16-10-18(7-8-19(16)26(14)15(2)27)34(29,30)25(3)13-22(28)24-17-11-20(31-4)23(33-6)21(12-17)32-5/h7-8,10-12,14H,9,13H2,1-6H3,(H,24,28)/t14-/m0/s1. The van der Waals surface area contributed by atoms with Crippen molar-refractivity contribution in [2.75, 3.05) is 45.1 Å². The van der Waals surface area contributed by atoms with Crippen LogP contribution in [0, 0.1) is 0 Å². The Kier molecular flexibility index (Phi) is 7.37. The number of carbonyl (C=O) groups excluding carboxylic acids is 2. The molecule has 3 rings (SSSR count). The van der Waals surface area contributed by atoms with Crippen molar-refractivity contribution in [2.24, 2.45) is 0 Å². The number of methoxy groups -OCH3 is 3. The van der Waals surface area contributed by atoms with Crippen LogP contribution in [0.4, 0.5) is 11.4 Å². The second-order valence-electron chi connectivity index (χ2n) is 7.96. The Balaban J connectivity index is 1.77. The summed E-state index contributed by atoms with van der Waals surface area (Å²) in [6, 6.07) is 7.71. The molecule has 10 nitrogen and oxygen atoms in total.